The monoisotopic (exact) mass is 294 g/mol. The molecule has 21 heavy (non-hydrogen) atoms. The molecule has 6 nitrogen and oxygen atoms in total. The van der Waals surface area contributed by atoms with Crippen molar-refractivity contribution in [2.24, 2.45) is 0 Å². The van der Waals surface area contributed by atoms with Crippen LogP contribution in [0.25, 0.3) is 0 Å². The molecule has 0 unspecified atom stereocenters. The standard InChI is InChI=1S/C15H23N3O3/c1-10-5-3-6-12(11(10)2)18-14(19)9-13(15(20)21)17-8-4-7-16/h3,5-6,13,17H,4,7-9,16H2,1-2H3,(H,18,19)(H,20,21)/p+1/t13-/m0/s1. The number of nitrogens with one attached hydrogen (secondary N) is 1. The first-order valence-electron chi connectivity index (χ1n) is 7.15. The lowest BCUT2D eigenvalue weighted by molar-refractivity contribution is -0.684. The third-order valence-corrected chi connectivity index (χ3v) is 3.49. The lowest BCUT2D eigenvalue weighted by Crippen LogP contribution is -2.93. The maximum Gasteiger partial charge on any atom is 0.230 e. The summed E-state index contributed by atoms with van der Waals surface area (Å²) in [5, 5.41) is 15.5. The van der Waals surface area contributed by atoms with Gasteiger partial charge < -0.3 is 26.3 Å². The van der Waals surface area contributed by atoms with Crippen LogP contribution in [0, 0.1) is 13.8 Å². The fourth-order valence-corrected chi connectivity index (χ4v) is 2.01. The van der Waals surface area contributed by atoms with Crippen LogP contribution < -0.4 is 21.5 Å². The molecule has 0 saturated carbocycles. The summed E-state index contributed by atoms with van der Waals surface area (Å²) in [7, 11) is 0. The summed E-state index contributed by atoms with van der Waals surface area (Å²) in [6, 6.07) is 4.76. The molecule has 6 heteroatoms. The molecule has 0 bridgehead atoms. The van der Waals surface area contributed by atoms with Gasteiger partial charge in [-0.15, -0.1) is 0 Å². The van der Waals surface area contributed by atoms with Gasteiger partial charge in [0.05, 0.1) is 25.5 Å². The van der Waals surface area contributed by atoms with E-state index in [0.29, 0.717) is 6.54 Å². The first-order valence-corrected chi connectivity index (χ1v) is 7.15. The highest BCUT2D eigenvalue weighted by atomic mass is 16.4. The summed E-state index contributed by atoms with van der Waals surface area (Å²) in [5.41, 5.74) is 6.48. The largest absolute Gasteiger partial charge is 0.544 e. The number of carboxylic acids is 1. The lowest BCUT2D eigenvalue weighted by Gasteiger charge is -2.17. The predicted octanol–water partition coefficient (Wildman–Crippen LogP) is -2.05. The molecular weight excluding hydrogens is 270 g/mol. The molecule has 6 N–H and O–H groups in total. The van der Waals surface area contributed by atoms with E-state index in [-0.39, 0.29) is 12.3 Å². The van der Waals surface area contributed by atoms with Crippen molar-refractivity contribution in [2.45, 2.75) is 32.7 Å². The second kappa shape index (κ2) is 8.39. The molecule has 1 aromatic carbocycles. The van der Waals surface area contributed by atoms with Gasteiger partial charge in [0.15, 0.2) is 0 Å². The summed E-state index contributed by atoms with van der Waals surface area (Å²) in [4.78, 5) is 23.1. The highest BCUT2D eigenvalue weighted by Crippen LogP contribution is 2.18. The molecule has 0 aliphatic carbocycles. The molecule has 0 saturated heterocycles. The fraction of sp³-hybridized carbons (Fsp3) is 0.467. The van der Waals surface area contributed by atoms with Crippen molar-refractivity contribution in [1.29, 1.82) is 0 Å². The Kier molecular flexibility index (Phi) is 6.84. The van der Waals surface area contributed by atoms with Crippen molar-refractivity contribution in [3.8, 4) is 0 Å². The number of anilines is 1. The van der Waals surface area contributed by atoms with Crippen LogP contribution in [0.2, 0.25) is 0 Å². The van der Waals surface area contributed by atoms with Crippen LogP contribution in [0.1, 0.15) is 24.0 Å². The zero-order valence-corrected chi connectivity index (χ0v) is 12.6. The number of hydrogen-bond acceptors (Lipinski definition) is 3. The van der Waals surface area contributed by atoms with E-state index in [4.69, 9.17) is 0 Å². The SMILES string of the molecule is Cc1cccc(NC(=O)C[C@H]([NH2+]CCC[NH3+])C(=O)[O-])c1C. The maximum absolute atomic E-state index is 12.0. The Morgan fingerprint density at radius 1 is 1.38 bits per heavy atom. The number of hydrogen-bond donors (Lipinski definition) is 3. The Labute approximate surface area is 124 Å². The van der Waals surface area contributed by atoms with Crippen molar-refractivity contribution < 1.29 is 25.7 Å². The average molecular weight is 294 g/mol. The molecule has 0 radical (unpaired) electrons. The summed E-state index contributed by atoms with van der Waals surface area (Å²) >= 11 is 0. The van der Waals surface area contributed by atoms with Crippen LogP contribution in [0.3, 0.4) is 0 Å². The van der Waals surface area contributed by atoms with Gasteiger partial charge in [-0.2, -0.15) is 0 Å². The van der Waals surface area contributed by atoms with Crippen molar-refractivity contribution >= 4 is 17.6 Å². The van der Waals surface area contributed by atoms with Crippen molar-refractivity contribution in [3.63, 3.8) is 0 Å². The zero-order valence-electron chi connectivity index (χ0n) is 12.6. The zero-order chi connectivity index (χ0) is 15.8. The van der Waals surface area contributed by atoms with Crippen LogP contribution >= 0.6 is 0 Å². The number of amides is 1. The molecule has 1 aromatic rings. The molecular formula is C15H24N3O3+. The van der Waals surface area contributed by atoms with Gasteiger partial charge in [-0.1, -0.05) is 12.1 Å². The van der Waals surface area contributed by atoms with Gasteiger partial charge in [-0.25, -0.2) is 0 Å². The number of aryl methyl sites for hydroxylation is 1. The molecule has 0 aliphatic rings. The van der Waals surface area contributed by atoms with Crippen LogP contribution in [-0.2, 0) is 9.59 Å². The van der Waals surface area contributed by atoms with Gasteiger partial charge in [-0.3, -0.25) is 4.79 Å². The topological polar surface area (TPSA) is 113 Å². The van der Waals surface area contributed by atoms with E-state index in [1.807, 2.05) is 26.0 Å². The lowest BCUT2D eigenvalue weighted by atomic mass is 10.1. The van der Waals surface area contributed by atoms with Crippen LogP contribution in [0.4, 0.5) is 5.69 Å². The Hall–Kier alpha value is -1.92. The smallest absolute Gasteiger partial charge is 0.230 e. The van der Waals surface area contributed by atoms with E-state index >= 15 is 0 Å². The first kappa shape index (κ1) is 17.1. The van der Waals surface area contributed by atoms with Crippen LogP contribution in [-0.4, -0.2) is 31.0 Å². The third kappa shape index (κ3) is 5.53. The Bertz CT molecular complexity index is 503. The van der Waals surface area contributed by atoms with E-state index in [1.54, 1.807) is 11.4 Å². The highest BCUT2D eigenvalue weighted by molar-refractivity contribution is 5.94. The van der Waals surface area contributed by atoms with Crippen molar-refractivity contribution in [1.82, 2.24) is 0 Å². The van der Waals surface area contributed by atoms with E-state index in [2.05, 4.69) is 11.1 Å². The van der Waals surface area contributed by atoms with E-state index in [9.17, 15) is 14.7 Å². The second-order valence-corrected chi connectivity index (χ2v) is 5.16. The molecule has 0 fully saturated rings. The summed E-state index contributed by atoms with van der Waals surface area (Å²) < 4.78 is 0. The summed E-state index contributed by atoms with van der Waals surface area (Å²) in [5.74, 6) is -1.53. The summed E-state index contributed by atoms with van der Waals surface area (Å²) in [6.07, 6.45) is 0.704. The van der Waals surface area contributed by atoms with Crippen molar-refractivity contribution in [3.05, 3.63) is 29.3 Å². The Balaban J connectivity index is 2.61. The first-order chi connectivity index (χ1) is 9.95. The normalized spacial score (nSPS) is 12.0. The molecule has 1 atom stereocenters. The van der Waals surface area contributed by atoms with Gasteiger partial charge >= 0.3 is 0 Å². The molecule has 0 aromatic heterocycles. The Morgan fingerprint density at radius 3 is 2.71 bits per heavy atom. The second-order valence-electron chi connectivity index (χ2n) is 5.16. The number of carbonyl (C=O) groups excluding carboxylic acids is 2. The minimum absolute atomic E-state index is 0.104. The number of aliphatic carboxylic acids is 1. The number of carboxylic acid groups (broad SMARTS) is 1. The molecule has 1 rings (SSSR count). The van der Waals surface area contributed by atoms with E-state index < -0.39 is 12.0 Å². The minimum Gasteiger partial charge on any atom is -0.544 e. The number of rotatable bonds is 8. The Morgan fingerprint density at radius 2 is 2.10 bits per heavy atom. The van der Waals surface area contributed by atoms with E-state index in [1.165, 1.54) is 0 Å². The van der Waals surface area contributed by atoms with Gasteiger partial charge in [0.2, 0.25) is 5.91 Å². The number of nitrogens with two attached hydrogens (primary N) is 1. The van der Waals surface area contributed by atoms with Crippen molar-refractivity contribution in [2.75, 3.05) is 18.4 Å². The van der Waals surface area contributed by atoms with E-state index in [0.717, 1.165) is 29.8 Å². The number of benzene rings is 1. The fourth-order valence-electron chi connectivity index (χ4n) is 2.01. The molecule has 116 valence electrons. The maximum atomic E-state index is 12.0. The predicted molar refractivity (Wildman–Crippen MR) is 77.1 cm³/mol. The van der Waals surface area contributed by atoms with Gasteiger partial charge in [0.25, 0.3) is 0 Å². The van der Waals surface area contributed by atoms with Crippen LogP contribution in [0.15, 0.2) is 18.2 Å². The molecule has 0 spiro atoms. The number of carbonyl (C=O) groups is 2. The molecule has 1 amide bonds. The van der Waals surface area contributed by atoms with Gasteiger partial charge in [0, 0.05) is 12.1 Å². The van der Waals surface area contributed by atoms with Gasteiger partial charge in [-0.05, 0) is 31.0 Å². The number of quaternary nitrogens is 2. The molecule has 0 heterocycles. The molecule has 0 aliphatic heterocycles. The third-order valence-electron chi connectivity index (χ3n) is 3.49. The summed E-state index contributed by atoms with van der Waals surface area (Å²) in [6.45, 7) is 5.24. The van der Waals surface area contributed by atoms with Gasteiger partial charge in [0.1, 0.15) is 6.04 Å². The minimum atomic E-state index is -1.21. The average Bonchev–Trinajstić information content (AvgIpc) is 2.43. The van der Waals surface area contributed by atoms with Crippen LogP contribution in [0.5, 0.6) is 0 Å². The quantitative estimate of drug-likeness (QED) is 0.479. The highest BCUT2D eigenvalue weighted by Gasteiger charge is 2.18.